The lowest BCUT2D eigenvalue weighted by molar-refractivity contribution is 0.482. The molecule has 33 heavy (non-hydrogen) atoms. The molecule has 6 heteroatoms. The van der Waals surface area contributed by atoms with E-state index in [0.29, 0.717) is 18.0 Å². The van der Waals surface area contributed by atoms with Crippen LogP contribution in [-0.4, -0.2) is 21.0 Å². The number of sulfonamides is 1. The van der Waals surface area contributed by atoms with Crippen LogP contribution in [-0.2, 0) is 16.4 Å². The van der Waals surface area contributed by atoms with Gasteiger partial charge in [0.2, 0.25) is 10.0 Å². The Morgan fingerprint density at radius 3 is 2.24 bits per heavy atom. The molecule has 0 heterocycles. The Kier molecular flexibility index (Phi) is 7.46. The Hall–Kier alpha value is -2.70. The molecule has 0 aliphatic rings. The van der Waals surface area contributed by atoms with Crippen molar-refractivity contribution in [2.45, 2.75) is 30.3 Å². The van der Waals surface area contributed by atoms with E-state index in [4.69, 9.17) is 11.6 Å². The van der Waals surface area contributed by atoms with E-state index < -0.39 is 10.0 Å². The number of hydrogen-bond acceptors (Lipinski definition) is 3. The van der Waals surface area contributed by atoms with Crippen molar-refractivity contribution in [2.24, 2.45) is 0 Å². The third-order valence-electron chi connectivity index (χ3n) is 5.73. The van der Waals surface area contributed by atoms with E-state index in [0.717, 1.165) is 5.56 Å². The molecule has 4 aromatic carbocycles. The zero-order chi connectivity index (χ0) is 23.3. The van der Waals surface area contributed by atoms with Gasteiger partial charge in [-0.05, 0) is 59.5 Å². The highest BCUT2D eigenvalue weighted by Crippen LogP contribution is 2.24. The van der Waals surface area contributed by atoms with E-state index >= 15 is 0 Å². The van der Waals surface area contributed by atoms with Crippen LogP contribution in [0.4, 0.5) is 0 Å². The first-order valence-corrected chi connectivity index (χ1v) is 12.8. The summed E-state index contributed by atoms with van der Waals surface area (Å²) in [6.45, 7) is 2.58. The van der Waals surface area contributed by atoms with Crippen LogP contribution in [0.5, 0.6) is 0 Å². The van der Waals surface area contributed by atoms with Crippen LogP contribution < -0.4 is 10.0 Å². The smallest absolute Gasteiger partial charge is 0.240 e. The fraction of sp³-hybridized carbons (Fsp3) is 0.185. The van der Waals surface area contributed by atoms with E-state index in [-0.39, 0.29) is 17.0 Å². The first-order valence-electron chi connectivity index (χ1n) is 11.0. The highest BCUT2D eigenvalue weighted by atomic mass is 35.5. The second-order valence-corrected chi connectivity index (χ2v) is 10.3. The lowest BCUT2D eigenvalue weighted by atomic mass is 9.99. The standard InChI is InChI=1S/C27H27ClN2O2S/c1-20(26-13-7-11-22-10-5-6-12-27(22)26)29-19-24(18-21-8-3-2-4-9-21)30-33(31,32)25-16-14-23(28)15-17-25/h2-17,20,24,29-30H,18-19H2,1H3. The van der Waals surface area contributed by atoms with Crippen LogP contribution >= 0.6 is 11.6 Å². The number of rotatable bonds is 9. The second kappa shape index (κ2) is 10.5. The molecule has 2 unspecified atom stereocenters. The first-order chi connectivity index (χ1) is 15.9. The van der Waals surface area contributed by atoms with E-state index in [1.807, 2.05) is 42.5 Å². The van der Waals surface area contributed by atoms with E-state index in [1.165, 1.54) is 28.5 Å². The van der Waals surface area contributed by atoms with E-state index in [1.54, 1.807) is 12.1 Å². The number of benzene rings is 4. The van der Waals surface area contributed by atoms with Gasteiger partial charge in [0.05, 0.1) is 4.90 Å². The maximum atomic E-state index is 13.1. The monoisotopic (exact) mass is 478 g/mol. The first kappa shape index (κ1) is 23.5. The number of halogens is 1. The summed E-state index contributed by atoms with van der Waals surface area (Å²) in [6.07, 6.45) is 0.572. The van der Waals surface area contributed by atoms with Crippen LogP contribution in [0.15, 0.2) is 102 Å². The fourth-order valence-corrected chi connectivity index (χ4v) is 5.37. The van der Waals surface area contributed by atoms with Crippen molar-refractivity contribution in [3.05, 3.63) is 113 Å². The summed E-state index contributed by atoms with van der Waals surface area (Å²) in [7, 11) is -3.69. The quantitative estimate of drug-likeness (QED) is 0.323. The van der Waals surface area contributed by atoms with Crippen LogP contribution in [0.25, 0.3) is 10.8 Å². The Labute approximate surface area is 200 Å². The van der Waals surface area contributed by atoms with Gasteiger partial charge in [-0.25, -0.2) is 13.1 Å². The predicted octanol–water partition coefficient (Wildman–Crippen LogP) is 5.73. The third-order valence-corrected chi connectivity index (χ3v) is 7.52. The van der Waals surface area contributed by atoms with Gasteiger partial charge >= 0.3 is 0 Å². The molecule has 4 aromatic rings. The molecule has 2 N–H and O–H groups in total. The molecule has 0 aromatic heterocycles. The molecule has 4 rings (SSSR count). The van der Waals surface area contributed by atoms with E-state index in [2.05, 4.69) is 47.3 Å². The third kappa shape index (κ3) is 6.01. The minimum absolute atomic E-state index is 0.0504. The van der Waals surface area contributed by atoms with Gasteiger partial charge in [0.15, 0.2) is 0 Å². The van der Waals surface area contributed by atoms with Crippen molar-refractivity contribution >= 4 is 32.4 Å². The number of fused-ring (bicyclic) bond motifs is 1. The molecule has 0 aliphatic carbocycles. The topological polar surface area (TPSA) is 58.2 Å². The molecular weight excluding hydrogens is 452 g/mol. The summed E-state index contributed by atoms with van der Waals surface area (Å²) in [5.74, 6) is 0. The summed E-state index contributed by atoms with van der Waals surface area (Å²) in [4.78, 5) is 0.201. The van der Waals surface area contributed by atoms with Gasteiger partial charge in [0.1, 0.15) is 0 Å². The minimum Gasteiger partial charge on any atom is -0.309 e. The largest absolute Gasteiger partial charge is 0.309 e. The molecule has 0 saturated heterocycles. The molecular formula is C27H27ClN2O2S. The van der Waals surface area contributed by atoms with Crippen molar-refractivity contribution < 1.29 is 8.42 Å². The van der Waals surface area contributed by atoms with E-state index in [9.17, 15) is 8.42 Å². The number of nitrogens with one attached hydrogen (secondary N) is 2. The highest BCUT2D eigenvalue weighted by Gasteiger charge is 2.21. The highest BCUT2D eigenvalue weighted by molar-refractivity contribution is 7.89. The molecule has 0 amide bonds. The maximum absolute atomic E-state index is 13.1. The summed E-state index contributed by atoms with van der Waals surface area (Å²) >= 11 is 5.93. The molecule has 0 fully saturated rings. The van der Waals surface area contributed by atoms with Gasteiger partial charge in [-0.3, -0.25) is 0 Å². The zero-order valence-electron chi connectivity index (χ0n) is 18.4. The van der Waals surface area contributed by atoms with Crippen molar-refractivity contribution in [2.75, 3.05) is 6.54 Å². The van der Waals surface area contributed by atoms with Gasteiger partial charge in [-0.15, -0.1) is 0 Å². The van der Waals surface area contributed by atoms with Gasteiger partial charge < -0.3 is 5.32 Å². The fourth-order valence-electron chi connectivity index (χ4n) is 4.01. The van der Waals surface area contributed by atoms with Crippen LogP contribution in [0.2, 0.25) is 5.02 Å². The lowest BCUT2D eigenvalue weighted by Crippen LogP contribution is -2.44. The molecule has 0 saturated carbocycles. The summed E-state index contributed by atoms with van der Waals surface area (Å²) in [6, 6.07) is 30.4. The van der Waals surface area contributed by atoms with Gasteiger partial charge in [-0.1, -0.05) is 84.4 Å². The summed E-state index contributed by atoms with van der Waals surface area (Å²) in [5.41, 5.74) is 2.26. The molecule has 0 spiro atoms. The number of hydrogen-bond donors (Lipinski definition) is 2. The molecule has 170 valence electrons. The molecule has 0 aliphatic heterocycles. The Balaban J connectivity index is 1.54. The molecule has 4 nitrogen and oxygen atoms in total. The van der Waals surface area contributed by atoms with Gasteiger partial charge in [0, 0.05) is 23.7 Å². The Bertz CT molecular complexity index is 1300. The van der Waals surface area contributed by atoms with Crippen molar-refractivity contribution in [3.8, 4) is 0 Å². The summed E-state index contributed by atoms with van der Waals surface area (Å²) in [5, 5.41) is 6.43. The normalized spacial score (nSPS) is 13.6. The SMILES string of the molecule is CC(NCC(Cc1ccccc1)NS(=O)(=O)c1ccc(Cl)cc1)c1cccc2ccccc12. The van der Waals surface area contributed by atoms with Crippen LogP contribution in [0.3, 0.4) is 0 Å². The summed E-state index contributed by atoms with van der Waals surface area (Å²) < 4.78 is 29.0. The Morgan fingerprint density at radius 1 is 0.818 bits per heavy atom. The Morgan fingerprint density at radius 2 is 1.48 bits per heavy atom. The van der Waals surface area contributed by atoms with Crippen molar-refractivity contribution in [3.63, 3.8) is 0 Å². The molecule has 0 bridgehead atoms. The van der Waals surface area contributed by atoms with Crippen LogP contribution in [0.1, 0.15) is 24.1 Å². The van der Waals surface area contributed by atoms with Crippen LogP contribution in [0, 0.1) is 0 Å². The average Bonchev–Trinajstić information content (AvgIpc) is 2.82. The molecule has 2 atom stereocenters. The lowest BCUT2D eigenvalue weighted by Gasteiger charge is -2.23. The second-order valence-electron chi connectivity index (χ2n) is 8.16. The maximum Gasteiger partial charge on any atom is 0.240 e. The average molecular weight is 479 g/mol. The van der Waals surface area contributed by atoms with Gasteiger partial charge in [-0.2, -0.15) is 0 Å². The molecule has 0 radical (unpaired) electrons. The van der Waals surface area contributed by atoms with Crippen molar-refractivity contribution in [1.29, 1.82) is 0 Å². The van der Waals surface area contributed by atoms with Gasteiger partial charge in [0.25, 0.3) is 0 Å². The predicted molar refractivity (Wildman–Crippen MR) is 136 cm³/mol. The zero-order valence-corrected chi connectivity index (χ0v) is 20.0. The minimum atomic E-state index is -3.69. The van der Waals surface area contributed by atoms with Crippen molar-refractivity contribution in [1.82, 2.24) is 10.0 Å².